The zero-order valence-electron chi connectivity index (χ0n) is 19.4. The van der Waals surface area contributed by atoms with Crippen molar-refractivity contribution in [3.8, 4) is 11.1 Å². The lowest BCUT2D eigenvalue weighted by atomic mass is 10.1. The Hall–Kier alpha value is -4.52. The minimum Gasteiger partial charge on any atom is -0.442 e. The van der Waals surface area contributed by atoms with E-state index in [1.54, 1.807) is 6.07 Å². The number of anilines is 3. The van der Waals surface area contributed by atoms with Crippen LogP contribution in [0.3, 0.4) is 0 Å². The van der Waals surface area contributed by atoms with Crippen LogP contribution in [-0.4, -0.2) is 41.6 Å². The Morgan fingerprint density at radius 3 is 2.47 bits per heavy atom. The number of rotatable bonds is 8. The maximum Gasteiger partial charge on any atom is 0.414 e. The van der Waals surface area contributed by atoms with Gasteiger partial charge in [0.25, 0.3) is 12.1 Å². The molecule has 1 amide bonds. The van der Waals surface area contributed by atoms with Gasteiger partial charge in [-0.25, -0.2) is 18.0 Å². The van der Waals surface area contributed by atoms with Crippen molar-refractivity contribution >= 4 is 46.0 Å². The molecule has 0 bridgehead atoms. The first-order valence-corrected chi connectivity index (χ1v) is 11.5. The van der Waals surface area contributed by atoms with Crippen molar-refractivity contribution in [2.24, 2.45) is 0 Å². The molecule has 13 heteroatoms. The highest BCUT2D eigenvalue weighted by Gasteiger charge is 2.33. The van der Waals surface area contributed by atoms with E-state index < -0.39 is 39.8 Å². The van der Waals surface area contributed by atoms with Crippen LogP contribution in [0.25, 0.3) is 11.1 Å². The molecule has 0 aromatic heterocycles. The lowest BCUT2D eigenvalue weighted by molar-refractivity contribution is -0.384. The molecule has 3 aromatic carbocycles. The normalized spacial score (nSPS) is 14.8. The maximum atomic E-state index is 15.0. The molecule has 2 N–H and O–H groups in total. The summed E-state index contributed by atoms with van der Waals surface area (Å²) in [7, 11) is 0. The minimum atomic E-state index is -2.83. The number of ether oxygens (including phenoxy) is 1. The summed E-state index contributed by atoms with van der Waals surface area (Å²) < 4.78 is 45.2. The average molecular weight is 545 g/mol. The minimum absolute atomic E-state index is 0.0122. The van der Waals surface area contributed by atoms with E-state index in [1.807, 2.05) is 0 Å². The first kappa shape index (κ1) is 26.5. The van der Waals surface area contributed by atoms with Crippen molar-refractivity contribution in [3.63, 3.8) is 0 Å². The molecule has 0 unspecified atom stereocenters. The number of alkyl halides is 2. The first-order valence-electron chi connectivity index (χ1n) is 11.1. The number of hydrogen-bond acceptors (Lipinski definition) is 7. The van der Waals surface area contributed by atoms with Crippen molar-refractivity contribution in [3.05, 3.63) is 92.9 Å². The van der Waals surface area contributed by atoms with Crippen molar-refractivity contribution in [2.75, 3.05) is 23.3 Å². The van der Waals surface area contributed by atoms with Crippen LogP contribution in [0.1, 0.15) is 0 Å². The van der Waals surface area contributed by atoms with Gasteiger partial charge in [-0.05, 0) is 53.6 Å². The predicted octanol–water partition coefficient (Wildman–Crippen LogP) is 5.01. The van der Waals surface area contributed by atoms with Crippen molar-refractivity contribution in [1.82, 2.24) is 5.32 Å². The fourth-order valence-corrected chi connectivity index (χ4v) is 3.79. The van der Waals surface area contributed by atoms with E-state index in [1.165, 1.54) is 54.6 Å². The molecular formula is C25H19F3N4O5S. The lowest BCUT2D eigenvalue weighted by Gasteiger charge is -2.15. The molecule has 0 saturated carbocycles. The van der Waals surface area contributed by atoms with E-state index in [-0.39, 0.29) is 35.8 Å². The highest BCUT2D eigenvalue weighted by atomic mass is 32.1. The Balaban J connectivity index is 1.51. The maximum absolute atomic E-state index is 15.0. The summed E-state index contributed by atoms with van der Waals surface area (Å²) in [6.45, 7) is -0.135. The van der Waals surface area contributed by atoms with E-state index in [0.717, 1.165) is 11.0 Å². The number of nitrogens with zero attached hydrogens (tertiary/aromatic N) is 2. The van der Waals surface area contributed by atoms with Gasteiger partial charge in [0.2, 0.25) is 5.43 Å². The molecule has 1 aliphatic rings. The molecular weight excluding hydrogens is 525 g/mol. The molecule has 9 nitrogen and oxygen atoms in total. The van der Waals surface area contributed by atoms with Gasteiger partial charge in [-0.3, -0.25) is 19.8 Å². The molecule has 1 fully saturated rings. The van der Waals surface area contributed by atoms with Crippen LogP contribution in [0.15, 0.2) is 71.5 Å². The third-order valence-electron chi connectivity index (χ3n) is 5.61. The number of nitro groups is 1. The van der Waals surface area contributed by atoms with Crippen molar-refractivity contribution in [2.45, 2.75) is 12.5 Å². The van der Waals surface area contributed by atoms with Crippen molar-refractivity contribution in [1.29, 1.82) is 0 Å². The van der Waals surface area contributed by atoms with E-state index in [2.05, 4.69) is 22.9 Å². The number of benzene rings is 2. The zero-order chi connectivity index (χ0) is 27.4. The van der Waals surface area contributed by atoms with Gasteiger partial charge in [-0.1, -0.05) is 24.4 Å². The van der Waals surface area contributed by atoms with Crippen LogP contribution in [-0.2, 0) is 4.74 Å². The highest BCUT2D eigenvalue weighted by Crippen LogP contribution is 2.28. The molecule has 1 heterocycles. The Kier molecular flexibility index (Phi) is 7.86. The van der Waals surface area contributed by atoms with E-state index in [4.69, 9.17) is 4.74 Å². The van der Waals surface area contributed by atoms with Crippen LogP contribution >= 0.6 is 12.2 Å². The van der Waals surface area contributed by atoms with E-state index in [9.17, 15) is 28.5 Å². The number of carbonyl (C=O) groups excluding carboxylic acids is 1. The second-order valence-corrected chi connectivity index (χ2v) is 8.60. The summed E-state index contributed by atoms with van der Waals surface area (Å²) in [6.07, 6.45) is -4.38. The molecule has 1 saturated heterocycles. The number of carbonyl (C=O) groups is 1. The van der Waals surface area contributed by atoms with Crippen LogP contribution in [0.2, 0.25) is 0 Å². The molecule has 0 spiro atoms. The van der Waals surface area contributed by atoms with Gasteiger partial charge in [0.1, 0.15) is 16.9 Å². The predicted molar refractivity (Wildman–Crippen MR) is 139 cm³/mol. The summed E-state index contributed by atoms with van der Waals surface area (Å²) >= 11 is 4.50. The molecule has 38 heavy (non-hydrogen) atoms. The van der Waals surface area contributed by atoms with Gasteiger partial charge in [-0.2, -0.15) is 0 Å². The molecule has 0 aliphatic carbocycles. The number of amides is 1. The molecule has 0 radical (unpaired) electrons. The van der Waals surface area contributed by atoms with Crippen LogP contribution in [0.4, 0.5) is 40.7 Å². The number of non-ortho nitro benzene ring substituents is 1. The van der Waals surface area contributed by atoms with Crippen LogP contribution < -0.4 is 21.0 Å². The quantitative estimate of drug-likeness (QED) is 0.231. The number of nitrogens with one attached hydrogen (secondary N) is 2. The van der Waals surface area contributed by atoms with E-state index >= 15 is 4.39 Å². The topological polar surface area (TPSA) is 114 Å². The van der Waals surface area contributed by atoms with Crippen LogP contribution in [0, 0.1) is 15.9 Å². The molecule has 196 valence electrons. The number of nitro benzene ring substituents is 1. The Morgan fingerprint density at radius 1 is 1.08 bits per heavy atom. The zero-order valence-corrected chi connectivity index (χ0v) is 20.2. The van der Waals surface area contributed by atoms with Crippen molar-refractivity contribution < 1.29 is 27.6 Å². The van der Waals surface area contributed by atoms with E-state index in [0.29, 0.717) is 11.1 Å². The Bertz CT molecular complexity index is 1460. The monoisotopic (exact) mass is 544 g/mol. The summed E-state index contributed by atoms with van der Waals surface area (Å²) in [5, 5.41) is 16.0. The fourth-order valence-electron chi connectivity index (χ4n) is 3.71. The summed E-state index contributed by atoms with van der Waals surface area (Å²) in [5.41, 5.74) is 0.839. The standard InChI is InChI=1S/C25H19F3N4O5S/c26-19-11-17(31-13-18(37-25(31)34)12-29-24(38)23(27)28)8-9-20(19)30-21-10-15(2-1-3-22(21)33)14-4-6-16(7-5-14)32(35)36/h1-11,18,23H,12-13H2,(H,29,38)(H,30,33)/t18-/m0/s1. The number of thiocarbonyl (C=S) groups is 1. The smallest absolute Gasteiger partial charge is 0.414 e. The Labute approximate surface area is 219 Å². The number of hydrogen-bond donors (Lipinski definition) is 2. The van der Waals surface area contributed by atoms with Gasteiger partial charge in [0.05, 0.1) is 35.1 Å². The fraction of sp³-hybridized carbons (Fsp3) is 0.160. The first-order chi connectivity index (χ1) is 18.1. The van der Waals surface area contributed by atoms with Gasteiger partial charge >= 0.3 is 6.09 Å². The van der Waals surface area contributed by atoms with Gasteiger partial charge in [0, 0.05) is 12.1 Å². The molecule has 1 atom stereocenters. The second-order valence-electron chi connectivity index (χ2n) is 8.16. The lowest BCUT2D eigenvalue weighted by Crippen LogP contribution is -2.36. The summed E-state index contributed by atoms with van der Waals surface area (Å²) in [5.74, 6) is -0.765. The Morgan fingerprint density at radius 2 is 1.82 bits per heavy atom. The molecule has 4 rings (SSSR count). The molecule has 3 aromatic rings. The number of cyclic esters (lactones) is 1. The highest BCUT2D eigenvalue weighted by molar-refractivity contribution is 7.80. The van der Waals surface area contributed by atoms with Gasteiger partial charge in [-0.15, -0.1) is 0 Å². The second kappa shape index (κ2) is 11.3. The van der Waals surface area contributed by atoms with Gasteiger partial charge < -0.3 is 15.4 Å². The van der Waals surface area contributed by atoms with Crippen LogP contribution in [0.5, 0.6) is 0 Å². The molecule has 1 aliphatic heterocycles. The number of halogens is 3. The SMILES string of the molecule is O=C1O[C@@H](CNC(=S)C(F)F)CN1c1ccc(Nc2cc(-c3ccc([N+](=O)[O-])cc3)cccc2=O)c(F)c1. The average Bonchev–Trinajstić information content (AvgIpc) is 3.16. The third-order valence-corrected chi connectivity index (χ3v) is 5.93. The summed E-state index contributed by atoms with van der Waals surface area (Å²) in [4.78, 5) is 35.7. The van der Waals surface area contributed by atoms with Gasteiger partial charge in [0.15, 0.2) is 0 Å². The summed E-state index contributed by atoms with van der Waals surface area (Å²) in [6, 6.07) is 15.6. The largest absolute Gasteiger partial charge is 0.442 e. The third kappa shape index (κ3) is 6.06.